The Morgan fingerprint density at radius 1 is 0.927 bits per heavy atom. The number of aliphatic hydroxyl groups excluding tert-OH is 1. The molecule has 0 radical (unpaired) electrons. The van der Waals surface area contributed by atoms with Crippen molar-refractivity contribution < 1.29 is 28.8 Å². The van der Waals surface area contributed by atoms with Crippen molar-refractivity contribution in [2.75, 3.05) is 51.4 Å². The van der Waals surface area contributed by atoms with E-state index in [9.17, 15) is 9.90 Å². The molecule has 0 aliphatic heterocycles. The minimum atomic E-state index is -1.35. The van der Waals surface area contributed by atoms with E-state index in [-0.39, 0.29) is 38.6 Å². The van der Waals surface area contributed by atoms with Crippen molar-refractivity contribution in [1.29, 1.82) is 0 Å². The summed E-state index contributed by atoms with van der Waals surface area (Å²) in [5.41, 5.74) is 3.91. The number of hydrogen-bond donors (Lipinski definition) is 1. The smallest absolute Gasteiger partial charge is 0.314 e. The molecule has 0 atom stereocenters. The van der Waals surface area contributed by atoms with Gasteiger partial charge in [0, 0.05) is 52.6 Å². The number of ether oxygens (including phenoxy) is 4. The number of carbonyl (C=O) groups excluding carboxylic acids is 1. The zero-order valence-corrected chi connectivity index (χ0v) is 36.3. The minimum absolute atomic E-state index is 0.0673. The lowest BCUT2D eigenvalue weighted by molar-refractivity contribution is -0.160. The highest BCUT2D eigenvalue weighted by atomic mass is 28.3. The summed E-state index contributed by atoms with van der Waals surface area (Å²) < 4.78 is 28.3. The number of fused-ring (bicyclic) bond motifs is 1. The van der Waals surface area contributed by atoms with Crippen LogP contribution in [0, 0.1) is 5.41 Å². The van der Waals surface area contributed by atoms with Gasteiger partial charge in [0.25, 0.3) is 0 Å². The lowest BCUT2D eigenvalue weighted by Gasteiger charge is -2.37. The molecule has 0 amide bonds. The third-order valence-electron chi connectivity index (χ3n) is 10.3. The van der Waals surface area contributed by atoms with Gasteiger partial charge in [-0.15, -0.1) is 0 Å². The molecule has 1 aliphatic carbocycles. The molecule has 0 unspecified atom stereocenters. The minimum Gasteiger partial charge on any atom is -0.494 e. The molecule has 1 aliphatic rings. The van der Waals surface area contributed by atoms with Gasteiger partial charge in [0.1, 0.15) is 25.0 Å². The fourth-order valence-corrected chi connectivity index (χ4v) is 8.42. The number of aromatic nitrogens is 5. The molecule has 3 heterocycles. The van der Waals surface area contributed by atoms with Crippen LogP contribution in [0.5, 0.6) is 0 Å². The number of rotatable bonds is 20. The van der Waals surface area contributed by atoms with Gasteiger partial charge >= 0.3 is 5.97 Å². The standard InChI is InChI=1S/C41H62N6O6Si2/c1-10-52-31(3)36-37(32-17-19-41(28-48,20-18-32)40(49)53-11-2)44-38-35(33-25-42-46(27-33)34-15-13-12-14-16-34)26-43-47(38)39(36)45(29-50-21-23-54(4,5)6)30-51-22-24-55(7,8)9/h12-16,25-27,32,48H,3,10-11,17-24,28-30H2,1-2,4-9H3. The quantitative estimate of drug-likeness (QED) is 0.0308. The number of anilines is 1. The molecule has 3 aromatic heterocycles. The molecule has 1 aromatic carbocycles. The van der Waals surface area contributed by atoms with E-state index in [2.05, 4.69) is 50.8 Å². The number of aliphatic hydroxyl groups is 1. The summed E-state index contributed by atoms with van der Waals surface area (Å²) in [5.74, 6) is 0.798. The first kappa shape index (κ1) is 42.3. The molecular weight excluding hydrogens is 729 g/mol. The second-order valence-electron chi connectivity index (χ2n) is 17.0. The Morgan fingerprint density at radius 2 is 1.55 bits per heavy atom. The van der Waals surface area contributed by atoms with Gasteiger partial charge in [-0.2, -0.15) is 14.7 Å². The summed E-state index contributed by atoms with van der Waals surface area (Å²) in [7, 11) is -2.70. The summed E-state index contributed by atoms with van der Waals surface area (Å²) in [5, 5.41) is 20.2. The van der Waals surface area contributed by atoms with Crippen LogP contribution in [0.4, 0.5) is 5.82 Å². The Hall–Kier alpha value is -3.83. The Morgan fingerprint density at radius 3 is 2.11 bits per heavy atom. The van der Waals surface area contributed by atoms with Crippen molar-refractivity contribution in [1.82, 2.24) is 24.4 Å². The highest BCUT2D eigenvalue weighted by Gasteiger charge is 2.44. The van der Waals surface area contributed by atoms with Crippen LogP contribution in [0.1, 0.15) is 56.7 Å². The van der Waals surface area contributed by atoms with Crippen LogP contribution in [0.15, 0.2) is 55.5 Å². The first-order valence-electron chi connectivity index (χ1n) is 19.7. The molecule has 0 saturated heterocycles. The van der Waals surface area contributed by atoms with Gasteiger partial charge in [0.15, 0.2) is 5.65 Å². The summed E-state index contributed by atoms with van der Waals surface area (Å²) in [6, 6.07) is 12.0. The van der Waals surface area contributed by atoms with Crippen molar-refractivity contribution in [3.05, 3.63) is 66.8 Å². The van der Waals surface area contributed by atoms with E-state index >= 15 is 0 Å². The zero-order chi connectivity index (χ0) is 39.8. The molecule has 1 saturated carbocycles. The van der Waals surface area contributed by atoms with Crippen molar-refractivity contribution in [2.24, 2.45) is 5.41 Å². The first-order chi connectivity index (χ1) is 26.2. The van der Waals surface area contributed by atoms with Gasteiger partial charge in [0.05, 0.1) is 54.6 Å². The molecule has 12 nitrogen and oxygen atoms in total. The fraction of sp³-hybridized carbons (Fsp3) is 0.561. The van der Waals surface area contributed by atoms with E-state index in [0.29, 0.717) is 56.9 Å². The van der Waals surface area contributed by atoms with E-state index in [1.54, 1.807) is 6.92 Å². The molecule has 1 N–H and O–H groups in total. The van der Waals surface area contributed by atoms with Crippen LogP contribution < -0.4 is 4.90 Å². The predicted octanol–water partition coefficient (Wildman–Crippen LogP) is 8.22. The maximum absolute atomic E-state index is 13.1. The van der Waals surface area contributed by atoms with Crippen LogP contribution in [0.25, 0.3) is 28.2 Å². The molecule has 55 heavy (non-hydrogen) atoms. The molecular formula is C41H62N6O6Si2. The Bertz CT molecular complexity index is 1850. The van der Waals surface area contributed by atoms with Crippen molar-refractivity contribution in [2.45, 2.75) is 96.8 Å². The van der Waals surface area contributed by atoms with Crippen LogP contribution in [0.3, 0.4) is 0 Å². The normalized spacial score (nSPS) is 17.7. The average Bonchev–Trinajstić information content (AvgIpc) is 3.81. The van der Waals surface area contributed by atoms with E-state index in [1.165, 1.54) is 0 Å². The molecule has 1 fully saturated rings. The van der Waals surface area contributed by atoms with Crippen molar-refractivity contribution >= 4 is 39.3 Å². The maximum Gasteiger partial charge on any atom is 0.314 e. The van der Waals surface area contributed by atoms with Crippen LogP contribution in [-0.4, -0.2) is 98.1 Å². The lowest BCUT2D eigenvalue weighted by Crippen LogP contribution is -2.40. The fourth-order valence-electron chi connectivity index (χ4n) is 6.90. The van der Waals surface area contributed by atoms with Gasteiger partial charge in [-0.3, -0.25) is 4.79 Å². The third kappa shape index (κ3) is 10.5. The first-order valence-corrected chi connectivity index (χ1v) is 27.1. The summed E-state index contributed by atoms with van der Waals surface area (Å²) >= 11 is 0. The predicted molar refractivity (Wildman–Crippen MR) is 224 cm³/mol. The second kappa shape index (κ2) is 18.4. The van der Waals surface area contributed by atoms with Gasteiger partial charge in [-0.25, -0.2) is 9.67 Å². The highest BCUT2D eigenvalue weighted by molar-refractivity contribution is 6.76. The van der Waals surface area contributed by atoms with Crippen LogP contribution in [-0.2, 0) is 23.7 Å². The van der Waals surface area contributed by atoms with E-state index in [4.69, 9.17) is 34.1 Å². The van der Waals surface area contributed by atoms with E-state index < -0.39 is 21.6 Å². The number of carbonyl (C=O) groups is 1. The number of esters is 1. The van der Waals surface area contributed by atoms with Gasteiger partial charge in [-0.1, -0.05) is 64.1 Å². The molecule has 5 rings (SSSR count). The van der Waals surface area contributed by atoms with Crippen LogP contribution >= 0.6 is 0 Å². The Kier molecular flexibility index (Phi) is 14.2. The van der Waals surface area contributed by atoms with Gasteiger partial charge in [0.2, 0.25) is 0 Å². The van der Waals surface area contributed by atoms with E-state index in [0.717, 1.165) is 46.0 Å². The zero-order valence-electron chi connectivity index (χ0n) is 34.3. The third-order valence-corrected chi connectivity index (χ3v) is 13.7. The highest BCUT2D eigenvalue weighted by Crippen LogP contribution is 2.47. The summed E-state index contributed by atoms with van der Waals surface area (Å²) in [6.07, 6.45) is 7.83. The SMILES string of the molecule is C=C(OCC)c1c(C2CCC(CO)(C(=O)OCC)CC2)nc2c(-c3cnn(-c4ccccc4)c3)cnn2c1N(COCC[Si](C)(C)C)COCC[Si](C)(C)C. The molecule has 300 valence electrons. The van der Waals surface area contributed by atoms with Gasteiger partial charge in [-0.05, 0) is 63.8 Å². The number of hydrogen-bond acceptors (Lipinski definition) is 10. The largest absolute Gasteiger partial charge is 0.494 e. The van der Waals surface area contributed by atoms with Crippen LogP contribution in [0.2, 0.25) is 51.4 Å². The Labute approximate surface area is 328 Å². The maximum atomic E-state index is 13.1. The monoisotopic (exact) mass is 790 g/mol. The average molecular weight is 791 g/mol. The Balaban J connectivity index is 1.67. The van der Waals surface area contributed by atoms with Crippen molar-refractivity contribution in [3.63, 3.8) is 0 Å². The lowest BCUT2D eigenvalue weighted by atomic mass is 9.69. The molecule has 0 spiro atoms. The molecule has 14 heteroatoms. The topological polar surface area (TPSA) is 125 Å². The summed E-state index contributed by atoms with van der Waals surface area (Å²) in [6.45, 7) is 24.5. The summed E-state index contributed by atoms with van der Waals surface area (Å²) in [4.78, 5) is 20.7. The number of para-hydroxylation sites is 1. The number of nitrogens with zero attached hydrogens (tertiary/aromatic N) is 6. The molecule has 0 bridgehead atoms. The second-order valence-corrected chi connectivity index (χ2v) is 28.3. The van der Waals surface area contributed by atoms with E-state index in [1.807, 2.05) is 65.0 Å². The van der Waals surface area contributed by atoms with Gasteiger partial charge < -0.3 is 29.0 Å². The van der Waals surface area contributed by atoms with Crippen molar-refractivity contribution in [3.8, 4) is 16.8 Å². The number of benzene rings is 1. The molecule has 4 aromatic rings.